The molecule has 0 aliphatic heterocycles. The molecule has 0 unspecified atom stereocenters. The fourth-order valence-corrected chi connectivity index (χ4v) is 3.52. The normalized spacial score (nSPS) is 11.1. The minimum absolute atomic E-state index is 0.265. The van der Waals surface area contributed by atoms with Gasteiger partial charge in [0.15, 0.2) is 0 Å². The van der Waals surface area contributed by atoms with E-state index in [9.17, 15) is 18.0 Å². The molecule has 1 amide bonds. The Morgan fingerprint density at radius 1 is 1.07 bits per heavy atom. The standard InChI is InChI=1S/C18H11F3N4OS/c1-9-6-16(23-17(26)12-4-2-10(19)7-13(12)21)25(24-9)18-22-14-5-3-11(20)8-15(14)27-18/h2-8H,1H3,(H,23,26). The first-order chi connectivity index (χ1) is 12.9. The summed E-state index contributed by atoms with van der Waals surface area (Å²) in [5.41, 5.74) is 0.884. The largest absolute Gasteiger partial charge is 0.306 e. The van der Waals surface area contributed by atoms with Gasteiger partial charge in [0.25, 0.3) is 5.91 Å². The molecule has 0 saturated carbocycles. The van der Waals surface area contributed by atoms with E-state index in [-0.39, 0.29) is 17.2 Å². The Kier molecular flexibility index (Phi) is 4.15. The molecule has 4 rings (SSSR count). The van der Waals surface area contributed by atoms with Crippen LogP contribution in [-0.4, -0.2) is 20.7 Å². The first-order valence-electron chi connectivity index (χ1n) is 7.80. The lowest BCUT2D eigenvalue weighted by molar-refractivity contribution is 0.102. The van der Waals surface area contributed by atoms with Crippen molar-refractivity contribution in [2.75, 3.05) is 5.32 Å². The Morgan fingerprint density at radius 2 is 1.81 bits per heavy atom. The molecule has 0 atom stereocenters. The van der Waals surface area contributed by atoms with Crippen LogP contribution in [0.5, 0.6) is 0 Å². The average molecular weight is 388 g/mol. The van der Waals surface area contributed by atoms with Crippen LogP contribution in [0.4, 0.5) is 19.0 Å². The number of benzene rings is 2. The SMILES string of the molecule is Cc1cc(NC(=O)c2ccc(F)cc2F)n(-c2nc3ccc(F)cc3s2)n1. The van der Waals surface area contributed by atoms with Gasteiger partial charge in [-0.3, -0.25) is 4.79 Å². The molecule has 9 heteroatoms. The molecule has 0 radical (unpaired) electrons. The number of fused-ring (bicyclic) bond motifs is 1. The van der Waals surface area contributed by atoms with Gasteiger partial charge in [0.05, 0.1) is 21.5 Å². The number of nitrogens with one attached hydrogen (secondary N) is 1. The van der Waals surface area contributed by atoms with Crippen LogP contribution in [0.25, 0.3) is 15.3 Å². The molecule has 0 spiro atoms. The quantitative estimate of drug-likeness (QED) is 0.564. The number of rotatable bonds is 3. The summed E-state index contributed by atoms with van der Waals surface area (Å²) < 4.78 is 42.3. The van der Waals surface area contributed by atoms with E-state index in [1.54, 1.807) is 19.1 Å². The van der Waals surface area contributed by atoms with Gasteiger partial charge in [0.1, 0.15) is 23.3 Å². The van der Waals surface area contributed by atoms with Crippen LogP contribution in [0.2, 0.25) is 0 Å². The van der Waals surface area contributed by atoms with Crippen LogP contribution < -0.4 is 5.32 Å². The lowest BCUT2D eigenvalue weighted by atomic mass is 10.2. The van der Waals surface area contributed by atoms with Crippen LogP contribution in [-0.2, 0) is 0 Å². The average Bonchev–Trinajstić information content (AvgIpc) is 3.17. The highest BCUT2D eigenvalue weighted by atomic mass is 32.1. The van der Waals surface area contributed by atoms with E-state index in [1.165, 1.54) is 28.2 Å². The molecule has 27 heavy (non-hydrogen) atoms. The highest BCUT2D eigenvalue weighted by Crippen LogP contribution is 2.28. The summed E-state index contributed by atoms with van der Waals surface area (Å²) in [6.45, 7) is 1.72. The topological polar surface area (TPSA) is 59.8 Å². The molecule has 5 nitrogen and oxygen atoms in total. The minimum atomic E-state index is -0.967. The molecule has 1 N–H and O–H groups in total. The van der Waals surface area contributed by atoms with Crippen molar-refractivity contribution in [1.29, 1.82) is 0 Å². The second kappa shape index (κ2) is 6.51. The zero-order chi connectivity index (χ0) is 19.1. The summed E-state index contributed by atoms with van der Waals surface area (Å²) in [7, 11) is 0. The number of carbonyl (C=O) groups excluding carboxylic acids is 1. The molecule has 2 heterocycles. The lowest BCUT2D eigenvalue weighted by Gasteiger charge is -2.07. The van der Waals surface area contributed by atoms with Gasteiger partial charge in [0.2, 0.25) is 5.13 Å². The van der Waals surface area contributed by atoms with Crippen molar-refractivity contribution in [2.45, 2.75) is 6.92 Å². The highest BCUT2D eigenvalue weighted by Gasteiger charge is 2.18. The number of anilines is 1. The van der Waals surface area contributed by atoms with Crippen LogP contribution >= 0.6 is 11.3 Å². The van der Waals surface area contributed by atoms with Crippen LogP contribution in [0.3, 0.4) is 0 Å². The third kappa shape index (κ3) is 3.28. The Bertz CT molecular complexity index is 1180. The Morgan fingerprint density at radius 3 is 2.59 bits per heavy atom. The molecule has 0 aliphatic carbocycles. The van der Waals surface area contributed by atoms with Crippen LogP contribution in [0, 0.1) is 24.4 Å². The number of amides is 1. The third-order valence-electron chi connectivity index (χ3n) is 3.77. The highest BCUT2D eigenvalue weighted by molar-refractivity contribution is 7.20. The summed E-state index contributed by atoms with van der Waals surface area (Å²) >= 11 is 1.19. The molecule has 0 aliphatic rings. The van der Waals surface area contributed by atoms with E-state index < -0.39 is 17.5 Å². The fourth-order valence-electron chi connectivity index (χ4n) is 2.57. The predicted octanol–water partition coefficient (Wildman–Crippen LogP) is 4.46. The number of hydrogen-bond donors (Lipinski definition) is 1. The van der Waals surface area contributed by atoms with Crippen molar-refractivity contribution in [3.8, 4) is 5.13 Å². The fraction of sp³-hybridized carbons (Fsp3) is 0.0556. The third-order valence-corrected chi connectivity index (χ3v) is 4.76. The van der Waals surface area contributed by atoms with Gasteiger partial charge < -0.3 is 5.32 Å². The molecular formula is C18H11F3N4OS. The Labute approximate surface area is 155 Å². The molecule has 0 bridgehead atoms. The first kappa shape index (κ1) is 17.2. The molecule has 2 aromatic heterocycles. The van der Waals surface area contributed by atoms with Gasteiger partial charge in [-0.25, -0.2) is 18.2 Å². The summed E-state index contributed by atoms with van der Waals surface area (Å²) in [6.07, 6.45) is 0. The maximum atomic E-state index is 13.8. The maximum Gasteiger partial charge on any atom is 0.259 e. The van der Waals surface area contributed by atoms with Gasteiger partial charge in [-0.05, 0) is 37.3 Å². The van der Waals surface area contributed by atoms with Gasteiger partial charge in [0, 0.05) is 12.1 Å². The number of carbonyl (C=O) groups is 1. The minimum Gasteiger partial charge on any atom is -0.306 e. The van der Waals surface area contributed by atoms with Gasteiger partial charge >= 0.3 is 0 Å². The second-order valence-electron chi connectivity index (χ2n) is 5.77. The van der Waals surface area contributed by atoms with E-state index in [0.717, 1.165) is 12.1 Å². The zero-order valence-corrected chi connectivity index (χ0v) is 14.6. The Balaban J connectivity index is 1.71. The molecule has 0 saturated heterocycles. The number of aromatic nitrogens is 3. The van der Waals surface area contributed by atoms with Crippen molar-refractivity contribution >= 4 is 33.3 Å². The number of hydrogen-bond acceptors (Lipinski definition) is 4. The molecular weight excluding hydrogens is 377 g/mol. The van der Waals surface area contributed by atoms with Crippen molar-refractivity contribution in [2.24, 2.45) is 0 Å². The first-order valence-corrected chi connectivity index (χ1v) is 8.62. The van der Waals surface area contributed by atoms with Gasteiger partial charge in [-0.15, -0.1) is 0 Å². The van der Waals surface area contributed by atoms with E-state index in [2.05, 4.69) is 15.4 Å². The summed E-state index contributed by atoms with van der Waals surface area (Å²) in [5, 5.41) is 7.25. The lowest BCUT2D eigenvalue weighted by Crippen LogP contribution is -2.16. The van der Waals surface area contributed by atoms with Gasteiger partial charge in [-0.2, -0.15) is 9.78 Å². The number of halogens is 3. The summed E-state index contributed by atoms with van der Waals surface area (Å²) in [5.74, 6) is -2.60. The summed E-state index contributed by atoms with van der Waals surface area (Å²) in [4.78, 5) is 16.8. The van der Waals surface area contributed by atoms with Crippen LogP contribution in [0.1, 0.15) is 16.1 Å². The molecule has 136 valence electrons. The zero-order valence-electron chi connectivity index (χ0n) is 13.8. The van der Waals surface area contributed by atoms with Crippen molar-refractivity contribution in [1.82, 2.24) is 14.8 Å². The molecule has 4 aromatic rings. The monoisotopic (exact) mass is 388 g/mol. The smallest absolute Gasteiger partial charge is 0.259 e. The predicted molar refractivity (Wildman–Crippen MR) is 95.7 cm³/mol. The Hall–Kier alpha value is -3.20. The second-order valence-corrected chi connectivity index (χ2v) is 6.78. The van der Waals surface area contributed by atoms with E-state index in [4.69, 9.17) is 0 Å². The number of thiazole rings is 1. The number of aryl methyl sites for hydroxylation is 1. The van der Waals surface area contributed by atoms with Crippen molar-refractivity contribution in [3.63, 3.8) is 0 Å². The van der Waals surface area contributed by atoms with Gasteiger partial charge in [-0.1, -0.05) is 11.3 Å². The maximum absolute atomic E-state index is 13.8. The molecule has 2 aromatic carbocycles. The van der Waals surface area contributed by atoms with Crippen molar-refractivity contribution < 1.29 is 18.0 Å². The number of nitrogens with zero attached hydrogens (tertiary/aromatic N) is 3. The van der Waals surface area contributed by atoms with E-state index >= 15 is 0 Å². The van der Waals surface area contributed by atoms with E-state index in [0.29, 0.717) is 27.1 Å². The van der Waals surface area contributed by atoms with Crippen molar-refractivity contribution in [3.05, 3.63) is 71.2 Å². The van der Waals surface area contributed by atoms with E-state index in [1.807, 2.05) is 0 Å². The van der Waals surface area contributed by atoms with Crippen LogP contribution in [0.15, 0.2) is 42.5 Å². The summed E-state index contributed by atoms with van der Waals surface area (Å²) in [6, 6.07) is 8.51. The molecule has 0 fully saturated rings.